The number of hydrogen-bond acceptors (Lipinski definition) is 2. The zero-order valence-corrected chi connectivity index (χ0v) is 14.0. The standard InChI is InChI=1S/C18H24F2N2O/c1-12(2)22-16(23)18(6-4-5-7-18)21-11-17(22,3)13-8-14(19)10-15(20)9-13/h8-10,12,21H,4-7,11H2,1-3H3/t17-/m0/s1. The van der Waals surface area contributed by atoms with Gasteiger partial charge in [0.05, 0.1) is 11.1 Å². The number of carbonyl (C=O) groups excluding carboxylic acids is 1. The van der Waals surface area contributed by atoms with Gasteiger partial charge >= 0.3 is 0 Å². The molecule has 1 amide bonds. The SMILES string of the molecule is CC(C)N1C(=O)C2(CCCC2)NC[C@@]1(C)c1cc(F)cc(F)c1. The summed E-state index contributed by atoms with van der Waals surface area (Å²) >= 11 is 0. The van der Waals surface area contributed by atoms with E-state index in [2.05, 4.69) is 5.32 Å². The van der Waals surface area contributed by atoms with E-state index < -0.39 is 22.7 Å². The van der Waals surface area contributed by atoms with Crippen molar-refractivity contribution in [2.75, 3.05) is 6.54 Å². The molecular weight excluding hydrogens is 298 g/mol. The van der Waals surface area contributed by atoms with E-state index in [9.17, 15) is 13.6 Å². The molecule has 23 heavy (non-hydrogen) atoms. The second-order valence-corrected chi connectivity index (χ2v) is 7.34. The highest BCUT2D eigenvalue weighted by Crippen LogP contribution is 2.41. The minimum atomic E-state index is -0.762. The molecule has 1 aliphatic carbocycles. The van der Waals surface area contributed by atoms with Crippen molar-refractivity contribution < 1.29 is 13.6 Å². The molecule has 1 spiro atoms. The smallest absolute Gasteiger partial charge is 0.243 e. The fourth-order valence-electron chi connectivity index (χ4n) is 4.24. The van der Waals surface area contributed by atoms with Crippen LogP contribution in [0.25, 0.3) is 0 Å². The summed E-state index contributed by atoms with van der Waals surface area (Å²) in [5.41, 5.74) is -0.755. The lowest BCUT2D eigenvalue weighted by molar-refractivity contribution is -0.154. The summed E-state index contributed by atoms with van der Waals surface area (Å²) in [6.07, 6.45) is 3.75. The Bertz CT molecular complexity index is 605. The van der Waals surface area contributed by atoms with Crippen molar-refractivity contribution in [1.29, 1.82) is 0 Å². The monoisotopic (exact) mass is 322 g/mol. The first-order chi connectivity index (χ1) is 10.8. The van der Waals surface area contributed by atoms with Gasteiger partial charge in [-0.3, -0.25) is 4.79 Å². The Hall–Kier alpha value is -1.49. The number of nitrogens with zero attached hydrogens (tertiary/aromatic N) is 1. The Morgan fingerprint density at radius 3 is 2.22 bits per heavy atom. The van der Waals surface area contributed by atoms with Crippen LogP contribution < -0.4 is 5.32 Å². The van der Waals surface area contributed by atoms with Gasteiger partial charge in [-0.15, -0.1) is 0 Å². The van der Waals surface area contributed by atoms with E-state index in [-0.39, 0.29) is 11.9 Å². The number of piperazine rings is 1. The summed E-state index contributed by atoms with van der Waals surface area (Å²) in [5, 5.41) is 3.42. The van der Waals surface area contributed by atoms with Crippen molar-refractivity contribution in [3.05, 3.63) is 35.4 Å². The van der Waals surface area contributed by atoms with Crippen LogP contribution in [-0.2, 0) is 10.3 Å². The maximum atomic E-state index is 13.7. The van der Waals surface area contributed by atoms with Crippen molar-refractivity contribution in [3.63, 3.8) is 0 Å². The molecule has 1 N–H and O–H groups in total. The lowest BCUT2D eigenvalue weighted by atomic mass is 9.80. The number of hydrogen-bond donors (Lipinski definition) is 1. The second kappa shape index (κ2) is 5.55. The molecule has 3 nitrogen and oxygen atoms in total. The highest BCUT2D eigenvalue weighted by atomic mass is 19.1. The van der Waals surface area contributed by atoms with Crippen molar-refractivity contribution in [2.45, 2.75) is 63.6 Å². The van der Waals surface area contributed by atoms with Crippen LogP contribution >= 0.6 is 0 Å². The summed E-state index contributed by atoms with van der Waals surface area (Å²) in [7, 11) is 0. The van der Waals surface area contributed by atoms with Gasteiger partial charge in [0, 0.05) is 18.7 Å². The highest BCUT2D eigenvalue weighted by Gasteiger charge is 2.54. The zero-order chi connectivity index (χ0) is 16.8. The molecule has 126 valence electrons. The van der Waals surface area contributed by atoms with Crippen LogP contribution in [0.2, 0.25) is 0 Å². The number of amides is 1. The maximum Gasteiger partial charge on any atom is 0.243 e. The molecule has 3 rings (SSSR count). The number of benzene rings is 1. The number of rotatable bonds is 2. The van der Waals surface area contributed by atoms with Crippen LogP contribution in [-0.4, -0.2) is 28.9 Å². The van der Waals surface area contributed by atoms with Gasteiger partial charge in [0.2, 0.25) is 5.91 Å². The molecule has 2 aliphatic rings. The van der Waals surface area contributed by atoms with Crippen molar-refractivity contribution in [2.24, 2.45) is 0 Å². The predicted octanol–water partition coefficient (Wildman–Crippen LogP) is 3.33. The lowest BCUT2D eigenvalue weighted by Gasteiger charge is -2.53. The molecule has 0 radical (unpaired) electrons. The Kier molecular flexibility index (Phi) is 3.95. The second-order valence-electron chi connectivity index (χ2n) is 7.34. The molecule has 1 aliphatic heterocycles. The largest absolute Gasteiger partial charge is 0.328 e. The molecule has 0 unspecified atom stereocenters. The summed E-state index contributed by atoms with van der Waals surface area (Å²) in [4.78, 5) is 15.0. The molecular formula is C18H24F2N2O. The van der Waals surface area contributed by atoms with E-state index in [1.165, 1.54) is 12.1 Å². The quantitative estimate of drug-likeness (QED) is 0.906. The average molecular weight is 322 g/mol. The molecule has 1 aromatic carbocycles. The van der Waals surface area contributed by atoms with Gasteiger partial charge in [0.1, 0.15) is 11.6 Å². The third-order valence-electron chi connectivity index (χ3n) is 5.39. The van der Waals surface area contributed by atoms with Crippen molar-refractivity contribution >= 4 is 5.91 Å². The molecule has 5 heteroatoms. The number of halogens is 2. The van der Waals surface area contributed by atoms with E-state index in [4.69, 9.17) is 0 Å². The average Bonchev–Trinajstić information content (AvgIpc) is 2.92. The van der Waals surface area contributed by atoms with Crippen molar-refractivity contribution in [3.8, 4) is 0 Å². The maximum absolute atomic E-state index is 13.7. The van der Waals surface area contributed by atoms with Crippen LogP contribution in [0.5, 0.6) is 0 Å². The van der Waals surface area contributed by atoms with Crippen LogP contribution in [0.3, 0.4) is 0 Å². The first kappa shape index (κ1) is 16.4. The number of nitrogens with one attached hydrogen (secondary N) is 1. The molecule has 1 heterocycles. The predicted molar refractivity (Wildman–Crippen MR) is 84.9 cm³/mol. The fraction of sp³-hybridized carbons (Fsp3) is 0.611. The third kappa shape index (κ3) is 2.55. The number of carbonyl (C=O) groups is 1. The lowest BCUT2D eigenvalue weighted by Crippen LogP contribution is -2.71. The normalized spacial score (nSPS) is 27.2. The molecule has 1 saturated heterocycles. The summed E-state index contributed by atoms with van der Waals surface area (Å²) in [6, 6.07) is 3.49. The van der Waals surface area contributed by atoms with Gasteiger partial charge in [-0.25, -0.2) is 8.78 Å². The van der Waals surface area contributed by atoms with E-state index >= 15 is 0 Å². The topological polar surface area (TPSA) is 32.3 Å². The van der Waals surface area contributed by atoms with Crippen LogP contribution in [0.15, 0.2) is 18.2 Å². The molecule has 0 aromatic heterocycles. The molecule has 0 bridgehead atoms. The van der Waals surface area contributed by atoms with Gasteiger partial charge in [0.15, 0.2) is 0 Å². The van der Waals surface area contributed by atoms with E-state index in [0.29, 0.717) is 12.1 Å². The first-order valence-electron chi connectivity index (χ1n) is 8.34. The minimum absolute atomic E-state index is 0.0431. The summed E-state index contributed by atoms with van der Waals surface area (Å²) in [6.45, 7) is 6.30. The molecule has 2 fully saturated rings. The van der Waals surface area contributed by atoms with Crippen molar-refractivity contribution in [1.82, 2.24) is 10.2 Å². The molecule has 1 saturated carbocycles. The first-order valence-corrected chi connectivity index (χ1v) is 8.34. The van der Waals surface area contributed by atoms with Gasteiger partial charge < -0.3 is 10.2 Å². The van der Waals surface area contributed by atoms with Crippen LogP contribution in [0.1, 0.15) is 52.0 Å². The Balaban J connectivity index is 2.05. The van der Waals surface area contributed by atoms with Gasteiger partial charge in [0.25, 0.3) is 0 Å². The molecule has 1 aromatic rings. The Morgan fingerprint density at radius 1 is 1.13 bits per heavy atom. The Labute approximate surface area is 136 Å². The van der Waals surface area contributed by atoms with E-state index in [0.717, 1.165) is 31.7 Å². The summed E-state index contributed by atoms with van der Waals surface area (Å²) < 4.78 is 27.4. The van der Waals surface area contributed by atoms with Gasteiger partial charge in [-0.2, -0.15) is 0 Å². The minimum Gasteiger partial charge on any atom is -0.328 e. The fourth-order valence-corrected chi connectivity index (χ4v) is 4.24. The van der Waals surface area contributed by atoms with Gasteiger partial charge in [-0.1, -0.05) is 12.8 Å². The van der Waals surface area contributed by atoms with E-state index in [1.54, 1.807) is 0 Å². The highest BCUT2D eigenvalue weighted by molar-refractivity contribution is 5.89. The zero-order valence-electron chi connectivity index (χ0n) is 14.0. The van der Waals surface area contributed by atoms with E-state index in [1.807, 2.05) is 25.7 Å². The van der Waals surface area contributed by atoms with Crippen LogP contribution in [0.4, 0.5) is 8.78 Å². The van der Waals surface area contributed by atoms with Gasteiger partial charge in [-0.05, 0) is 51.3 Å². The summed E-state index contributed by atoms with van der Waals surface area (Å²) in [5.74, 6) is -1.17. The Morgan fingerprint density at radius 2 is 1.70 bits per heavy atom. The van der Waals surface area contributed by atoms with Crippen LogP contribution in [0, 0.1) is 11.6 Å². The molecule has 1 atom stereocenters. The third-order valence-corrected chi connectivity index (χ3v) is 5.39.